The van der Waals surface area contributed by atoms with E-state index in [0.29, 0.717) is 22.3 Å². The quantitative estimate of drug-likeness (QED) is 0.716. The minimum atomic E-state index is -4.60. The Bertz CT molecular complexity index is 839. The van der Waals surface area contributed by atoms with Crippen LogP contribution in [0.3, 0.4) is 0 Å². The molecular formula is C16H11Cl2F3N2O2. The summed E-state index contributed by atoms with van der Waals surface area (Å²) in [5, 5.41) is 4.74. The van der Waals surface area contributed by atoms with Crippen LogP contribution in [0.4, 0.5) is 24.5 Å². The second kappa shape index (κ2) is 7.33. The van der Waals surface area contributed by atoms with Gasteiger partial charge in [-0.3, -0.25) is 9.59 Å². The van der Waals surface area contributed by atoms with Crippen molar-refractivity contribution < 1.29 is 22.8 Å². The van der Waals surface area contributed by atoms with Crippen molar-refractivity contribution >= 4 is 46.4 Å². The number of alkyl halides is 3. The molecule has 0 saturated heterocycles. The van der Waals surface area contributed by atoms with Crippen LogP contribution in [0, 0.1) is 6.92 Å². The molecule has 0 atom stereocenters. The number of hydrogen-bond acceptors (Lipinski definition) is 2. The van der Waals surface area contributed by atoms with Crippen molar-refractivity contribution in [3.05, 3.63) is 57.6 Å². The lowest BCUT2D eigenvalue weighted by Crippen LogP contribution is -2.29. The second-order valence-corrected chi connectivity index (χ2v) is 5.90. The Kier molecular flexibility index (Phi) is 5.59. The van der Waals surface area contributed by atoms with Crippen molar-refractivity contribution in [1.29, 1.82) is 0 Å². The summed E-state index contributed by atoms with van der Waals surface area (Å²) >= 11 is 11.6. The van der Waals surface area contributed by atoms with Crippen molar-refractivity contribution in [2.45, 2.75) is 13.1 Å². The lowest BCUT2D eigenvalue weighted by atomic mass is 10.2. The standard InChI is InChI=1S/C16H11Cl2F3N2O2/c1-8-6-10(17)3-5-12(8)22-14(24)15(25)23-13-7-9(16(19,20)21)2-4-11(13)18/h2-7H,1H3,(H,22,24)(H,23,25). The molecule has 0 aliphatic rings. The number of carbonyl (C=O) groups is 2. The first-order valence-corrected chi connectivity index (χ1v) is 7.59. The molecule has 0 radical (unpaired) electrons. The molecule has 0 heterocycles. The second-order valence-electron chi connectivity index (χ2n) is 5.06. The Labute approximate surface area is 150 Å². The molecular weight excluding hydrogens is 380 g/mol. The maximum atomic E-state index is 12.7. The van der Waals surface area contributed by atoms with E-state index in [0.717, 1.165) is 12.1 Å². The zero-order chi connectivity index (χ0) is 18.8. The predicted octanol–water partition coefficient (Wildman–Crippen LogP) is 4.90. The highest BCUT2D eigenvalue weighted by Gasteiger charge is 2.31. The average Bonchev–Trinajstić information content (AvgIpc) is 2.50. The molecule has 0 unspecified atom stereocenters. The third-order valence-electron chi connectivity index (χ3n) is 3.18. The van der Waals surface area contributed by atoms with Gasteiger partial charge >= 0.3 is 18.0 Å². The van der Waals surface area contributed by atoms with Crippen molar-refractivity contribution in [3.8, 4) is 0 Å². The lowest BCUT2D eigenvalue weighted by Gasteiger charge is -2.12. The third-order valence-corrected chi connectivity index (χ3v) is 3.75. The first-order valence-electron chi connectivity index (χ1n) is 6.83. The maximum Gasteiger partial charge on any atom is 0.416 e. The maximum absolute atomic E-state index is 12.7. The Morgan fingerprint density at radius 1 is 0.920 bits per heavy atom. The van der Waals surface area contributed by atoms with Crippen LogP contribution in [-0.4, -0.2) is 11.8 Å². The van der Waals surface area contributed by atoms with Gasteiger partial charge in [-0.05, 0) is 48.9 Å². The number of benzene rings is 2. The molecule has 9 heteroatoms. The Hall–Kier alpha value is -2.25. The number of halogens is 5. The number of rotatable bonds is 2. The van der Waals surface area contributed by atoms with E-state index in [1.807, 2.05) is 0 Å². The van der Waals surface area contributed by atoms with Gasteiger partial charge in [0.1, 0.15) is 0 Å². The summed E-state index contributed by atoms with van der Waals surface area (Å²) in [6, 6.07) is 7.02. The molecule has 0 aliphatic heterocycles. The van der Waals surface area contributed by atoms with Gasteiger partial charge in [-0.1, -0.05) is 23.2 Å². The molecule has 25 heavy (non-hydrogen) atoms. The van der Waals surface area contributed by atoms with E-state index in [1.54, 1.807) is 13.0 Å². The number of hydrogen-bond donors (Lipinski definition) is 2. The van der Waals surface area contributed by atoms with E-state index in [-0.39, 0.29) is 10.7 Å². The van der Waals surface area contributed by atoms with Gasteiger partial charge < -0.3 is 10.6 Å². The summed E-state index contributed by atoms with van der Waals surface area (Å²) in [4.78, 5) is 23.8. The van der Waals surface area contributed by atoms with Crippen LogP contribution >= 0.6 is 23.2 Å². The van der Waals surface area contributed by atoms with Gasteiger partial charge in [0.2, 0.25) is 0 Å². The predicted molar refractivity (Wildman–Crippen MR) is 89.9 cm³/mol. The van der Waals surface area contributed by atoms with Gasteiger partial charge in [-0.15, -0.1) is 0 Å². The summed E-state index contributed by atoms with van der Waals surface area (Å²) in [6.45, 7) is 1.67. The summed E-state index contributed by atoms with van der Waals surface area (Å²) in [5.41, 5.74) is -0.351. The molecule has 2 aromatic rings. The molecule has 2 N–H and O–H groups in total. The monoisotopic (exact) mass is 390 g/mol. The van der Waals surface area contributed by atoms with Crippen LogP contribution in [0.25, 0.3) is 0 Å². The molecule has 0 saturated carbocycles. The molecule has 0 aromatic heterocycles. The van der Waals surface area contributed by atoms with E-state index >= 15 is 0 Å². The van der Waals surface area contributed by atoms with Gasteiger partial charge in [0.05, 0.1) is 16.3 Å². The zero-order valence-electron chi connectivity index (χ0n) is 12.7. The topological polar surface area (TPSA) is 58.2 Å². The van der Waals surface area contributed by atoms with Gasteiger partial charge in [0.15, 0.2) is 0 Å². The largest absolute Gasteiger partial charge is 0.416 e. The van der Waals surface area contributed by atoms with Crippen LogP contribution in [0.2, 0.25) is 10.0 Å². The Morgan fingerprint density at radius 2 is 1.52 bits per heavy atom. The molecule has 2 amide bonds. The highest BCUT2D eigenvalue weighted by atomic mass is 35.5. The molecule has 0 bridgehead atoms. The molecule has 0 fully saturated rings. The highest BCUT2D eigenvalue weighted by molar-refractivity contribution is 6.45. The van der Waals surface area contributed by atoms with Crippen LogP contribution in [0.5, 0.6) is 0 Å². The lowest BCUT2D eigenvalue weighted by molar-refractivity contribution is -0.137. The summed E-state index contributed by atoms with van der Waals surface area (Å²) in [6.07, 6.45) is -4.60. The first kappa shape index (κ1) is 19.1. The van der Waals surface area contributed by atoms with Crippen LogP contribution in [0.1, 0.15) is 11.1 Å². The van der Waals surface area contributed by atoms with Crippen LogP contribution in [-0.2, 0) is 15.8 Å². The fourth-order valence-corrected chi connectivity index (χ4v) is 2.31. The van der Waals surface area contributed by atoms with E-state index in [9.17, 15) is 22.8 Å². The number of anilines is 2. The van der Waals surface area contributed by atoms with Gasteiger partial charge in [-0.2, -0.15) is 13.2 Å². The number of aryl methyl sites for hydroxylation is 1. The van der Waals surface area contributed by atoms with E-state index in [4.69, 9.17) is 23.2 Å². The Balaban J connectivity index is 2.15. The summed E-state index contributed by atoms with van der Waals surface area (Å²) < 4.78 is 38.1. The van der Waals surface area contributed by atoms with Gasteiger partial charge in [-0.25, -0.2) is 0 Å². The van der Waals surface area contributed by atoms with E-state index in [2.05, 4.69) is 10.6 Å². The number of amides is 2. The fraction of sp³-hybridized carbons (Fsp3) is 0.125. The van der Waals surface area contributed by atoms with Crippen LogP contribution in [0.15, 0.2) is 36.4 Å². The minimum absolute atomic E-state index is 0.128. The minimum Gasteiger partial charge on any atom is -0.318 e. The average molecular weight is 391 g/mol. The molecule has 0 spiro atoms. The number of carbonyl (C=O) groups excluding carboxylic acids is 2. The van der Waals surface area contributed by atoms with E-state index in [1.165, 1.54) is 12.1 Å². The normalized spacial score (nSPS) is 11.1. The van der Waals surface area contributed by atoms with E-state index < -0.39 is 23.6 Å². The van der Waals surface area contributed by atoms with Crippen molar-refractivity contribution in [2.24, 2.45) is 0 Å². The van der Waals surface area contributed by atoms with Crippen LogP contribution < -0.4 is 10.6 Å². The summed E-state index contributed by atoms with van der Waals surface area (Å²) in [5.74, 6) is -2.21. The molecule has 4 nitrogen and oxygen atoms in total. The molecule has 0 aliphatic carbocycles. The third kappa shape index (κ3) is 4.87. The highest BCUT2D eigenvalue weighted by Crippen LogP contribution is 2.33. The van der Waals surface area contributed by atoms with Gasteiger partial charge in [0.25, 0.3) is 0 Å². The fourth-order valence-electron chi connectivity index (χ4n) is 1.92. The van der Waals surface area contributed by atoms with Crippen molar-refractivity contribution in [2.75, 3.05) is 10.6 Å². The molecule has 2 rings (SSSR count). The number of nitrogens with one attached hydrogen (secondary N) is 2. The van der Waals surface area contributed by atoms with Crippen molar-refractivity contribution in [1.82, 2.24) is 0 Å². The summed E-state index contributed by atoms with van der Waals surface area (Å²) in [7, 11) is 0. The SMILES string of the molecule is Cc1cc(Cl)ccc1NC(=O)C(=O)Nc1cc(C(F)(F)F)ccc1Cl. The molecule has 132 valence electrons. The first-order chi connectivity index (χ1) is 11.6. The zero-order valence-corrected chi connectivity index (χ0v) is 14.2. The van der Waals surface area contributed by atoms with Gasteiger partial charge in [0, 0.05) is 10.7 Å². The van der Waals surface area contributed by atoms with Crippen molar-refractivity contribution in [3.63, 3.8) is 0 Å². The molecule has 2 aromatic carbocycles. The Morgan fingerprint density at radius 3 is 2.08 bits per heavy atom. The smallest absolute Gasteiger partial charge is 0.318 e.